The first kappa shape index (κ1) is 22.6. The Morgan fingerprint density at radius 2 is 1.55 bits per heavy atom. The molecule has 0 saturated carbocycles. The van der Waals surface area contributed by atoms with Gasteiger partial charge in [-0.3, -0.25) is 25.2 Å². The number of hydrazine groups is 1. The van der Waals surface area contributed by atoms with Gasteiger partial charge in [-0.25, -0.2) is 4.68 Å². The average molecular weight is 479 g/mol. The molecule has 0 saturated heterocycles. The highest BCUT2D eigenvalue weighted by Gasteiger charge is 2.16. The number of hydrogen-bond acceptors (Lipinski definition) is 5. The summed E-state index contributed by atoms with van der Waals surface area (Å²) in [5, 5.41) is 5.53. The van der Waals surface area contributed by atoms with Crippen LogP contribution in [-0.2, 0) is 12.8 Å². The second-order valence-corrected chi connectivity index (χ2v) is 8.66. The minimum Gasteiger partial charge on any atom is -0.267 e. The summed E-state index contributed by atoms with van der Waals surface area (Å²) >= 11 is 7.57. The number of aryl methyl sites for hydroxylation is 1. The number of carbonyl (C=O) groups excluding carboxylic acids is 2. The maximum atomic E-state index is 12.6. The SMILES string of the molecule is Cn1nc(C(=O)NNC(=O)c2ccc(CSc3ccc(Cl)cc3)cc2)c2ccccc2c1=O. The van der Waals surface area contributed by atoms with Gasteiger partial charge in [0.1, 0.15) is 0 Å². The van der Waals surface area contributed by atoms with Crippen LogP contribution in [-0.4, -0.2) is 21.6 Å². The fraction of sp³-hybridized carbons (Fsp3) is 0.0833. The highest BCUT2D eigenvalue weighted by atomic mass is 35.5. The molecule has 166 valence electrons. The van der Waals surface area contributed by atoms with E-state index in [-0.39, 0.29) is 11.3 Å². The van der Waals surface area contributed by atoms with Crippen molar-refractivity contribution in [1.82, 2.24) is 20.6 Å². The van der Waals surface area contributed by atoms with Crippen molar-refractivity contribution in [2.24, 2.45) is 7.05 Å². The van der Waals surface area contributed by atoms with Crippen molar-refractivity contribution in [2.75, 3.05) is 0 Å². The standard InChI is InChI=1S/C24H19ClN4O3S/c1-29-24(32)20-5-3-2-4-19(20)21(28-29)23(31)27-26-22(30)16-8-6-15(7-9-16)14-33-18-12-10-17(25)11-13-18/h2-13H,14H2,1H3,(H,26,30)(H,27,31). The molecule has 9 heteroatoms. The molecule has 0 aliphatic rings. The van der Waals surface area contributed by atoms with Crippen LogP contribution in [0.1, 0.15) is 26.4 Å². The Balaban J connectivity index is 1.38. The smallest absolute Gasteiger partial charge is 0.267 e. The Kier molecular flexibility index (Phi) is 6.76. The fourth-order valence-electron chi connectivity index (χ4n) is 3.16. The van der Waals surface area contributed by atoms with Gasteiger partial charge in [0.05, 0.1) is 5.39 Å². The maximum absolute atomic E-state index is 12.6. The topological polar surface area (TPSA) is 93.1 Å². The molecule has 4 rings (SSSR count). The molecule has 3 aromatic carbocycles. The highest BCUT2D eigenvalue weighted by molar-refractivity contribution is 7.98. The molecule has 0 fully saturated rings. The Labute approximate surface area is 198 Å². The van der Waals surface area contributed by atoms with Crippen molar-refractivity contribution in [2.45, 2.75) is 10.6 Å². The van der Waals surface area contributed by atoms with Gasteiger partial charge in [0.2, 0.25) is 0 Å². The molecular weight excluding hydrogens is 460 g/mol. The van der Waals surface area contributed by atoms with E-state index in [0.29, 0.717) is 21.4 Å². The average Bonchev–Trinajstić information content (AvgIpc) is 2.84. The number of nitrogens with zero attached hydrogens (tertiary/aromatic N) is 2. The van der Waals surface area contributed by atoms with Crippen LogP contribution in [0.15, 0.2) is 82.5 Å². The third-order valence-corrected chi connectivity index (χ3v) is 6.23. The summed E-state index contributed by atoms with van der Waals surface area (Å²) in [6, 6.07) is 21.4. The van der Waals surface area contributed by atoms with E-state index in [2.05, 4.69) is 16.0 Å². The first-order chi connectivity index (χ1) is 15.9. The van der Waals surface area contributed by atoms with Crippen molar-refractivity contribution < 1.29 is 9.59 Å². The predicted molar refractivity (Wildman–Crippen MR) is 129 cm³/mol. The zero-order valence-corrected chi connectivity index (χ0v) is 19.1. The van der Waals surface area contributed by atoms with Gasteiger partial charge in [-0.1, -0.05) is 41.9 Å². The number of hydrogen-bond donors (Lipinski definition) is 2. The predicted octanol–water partition coefficient (Wildman–Crippen LogP) is 3.95. The van der Waals surface area contributed by atoms with E-state index in [9.17, 15) is 14.4 Å². The van der Waals surface area contributed by atoms with E-state index in [1.165, 1.54) is 7.05 Å². The van der Waals surface area contributed by atoms with Crippen LogP contribution < -0.4 is 16.4 Å². The zero-order valence-electron chi connectivity index (χ0n) is 17.5. The minimum absolute atomic E-state index is 0.0440. The Hall–Kier alpha value is -3.62. The van der Waals surface area contributed by atoms with Gasteiger partial charge >= 0.3 is 0 Å². The molecule has 4 aromatic rings. The van der Waals surface area contributed by atoms with Gasteiger partial charge in [0.15, 0.2) is 5.69 Å². The number of halogens is 1. The van der Waals surface area contributed by atoms with E-state index in [0.717, 1.165) is 20.9 Å². The molecule has 2 N–H and O–H groups in total. The van der Waals surface area contributed by atoms with E-state index in [1.54, 1.807) is 48.2 Å². The molecular formula is C24H19ClN4O3S. The van der Waals surface area contributed by atoms with Gasteiger partial charge in [0, 0.05) is 33.7 Å². The van der Waals surface area contributed by atoms with Crippen LogP contribution in [0, 0.1) is 0 Å². The minimum atomic E-state index is -0.619. The molecule has 0 bridgehead atoms. The molecule has 0 atom stereocenters. The monoisotopic (exact) mass is 478 g/mol. The Morgan fingerprint density at radius 3 is 2.24 bits per heavy atom. The fourth-order valence-corrected chi connectivity index (χ4v) is 4.14. The lowest BCUT2D eigenvalue weighted by atomic mass is 10.1. The van der Waals surface area contributed by atoms with Crippen LogP contribution in [0.2, 0.25) is 5.02 Å². The number of aromatic nitrogens is 2. The Morgan fingerprint density at radius 1 is 0.909 bits per heavy atom. The summed E-state index contributed by atoms with van der Waals surface area (Å²) in [6.45, 7) is 0. The number of fused-ring (bicyclic) bond motifs is 1. The maximum Gasteiger partial charge on any atom is 0.290 e. The zero-order chi connectivity index (χ0) is 23.4. The lowest BCUT2D eigenvalue weighted by Gasteiger charge is -2.10. The van der Waals surface area contributed by atoms with Gasteiger partial charge in [-0.2, -0.15) is 5.10 Å². The number of nitrogens with one attached hydrogen (secondary N) is 2. The second kappa shape index (κ2) is 9.89. The molecule has 1 heterocycles. The molecule has 2 amide bonds. The van der Waals surface area contributed by atoms with Crippen LogP contribution in [0.3, 0.4) is 0 Å². The largest absolute Gasteiger partial charge is 0.290 e. The van der Waals surface area contributed by atoms with Crippen molar-refractivity contribution in [1.29, 1.82) is 0 Å². The summed E-state index contributed by atoms with van der Waals surface area (Å²) in [6.07, 6.45) is 0. The molecule has 0 aliphatic heterocycles. The summed E-state index contributed by atoms with van der Waals surface area (Å²) in [4.78, 5) is 38.4. The van der Waals surface area contributed by atoms with Crippen LogP contribution in [0.5, 0.6) is 0 Å². The van der Waals surface area contributed by atoms with Crippen molar-refractivity contribution >= 4 is 45.9 Å². The highest BCUT2D eigenvalue weighted by Crippen LogP contribution is 2.24. The first-order valence-corrected chi connectivity index (χ1v) is 11.3. The molecule has 0 unspecified atom stereocenters. The van der Waals surface area contributed by atoms with E-state index >= 15 is 0 Å². The third kappa shape index (κ3) is 5.24. The van der Waals surface area contributed by atoms with E-state index < -0.39 is 11.8 Å². The van der Waals surface area contributed by atoms with E-state index in [4.69, 9.17) is 11.6 Å². The molecule has 0 aliphatic carbocycles. The summed E-state index contributed by atoms with van der Waals surface area (Å²) in [5.74, 6) is -0.341. The third-order valence-electron chi connectivity index (χ3n) is 4.90. The summed E-state index contributed by atoms with van der Waals surface area (Å²) in [7, 11) is 1.47. The van der Waals surface area contributed by atoms with Crippen molar-refractivity contribution in [3.63, 3.8) is 0 Å². The molecule has 0 radical (unpaired) electrons. The second-order valence-electron chi connectivity index (χ2n) is 7.17. The van der Waals surface area contributed by atoms with Crippen molar-refractivity contribution in [3.05, 3.63) is 105 Å². The number of carbonyl (C=O) groups is 2. The molecule has 0 spiro atoms. The lowest BCUT2D eigenvalue weighted by molar-refractivity contribution is 0.0844. The van der Waals surface area contributed by atoms with E-state index in [1.807, 2.05) is 36.4 Å². The Bertz CT molecular complexity index is 1390. The quantitative estimate of drug-likeness (QED) is 0.334. The number of amides is 2. The summed E-state index contributed by atoms with van der Waals surface area (Å²) in [5.41, 5.74) is 5.95. The summed E-state index contributed by atoms with van der Waals surface area (Å²) < 4.78 is 1.10. The van der Waals surface area contributed by atoms with Gasteiger partial charge in [-0.15, -0.1) is 11.8 Å². The van der Waals surface area contributed by atoms with Gasteiger partial charge in [-0.05, 0) is 48.0 Å². The van der Waals surface area contributed by atoms with Crippen LogP contribution in [0.4, 0.5) is 0 Å². The van der Waals surface area contributed by atoms with Gasteiger partial charge < -0.3 is 0 Å². The molecule has 33 heavy (non-hydrogen) atoms. The van der Waals surface area contributed by atoms with Crippen LogP contribution in [0.25, 0.3) is 10.8 Å². The molecule has 1 aromatic heterocycles. The number of rotatable bonds is 5. The number of benzene rings is 3. The molecule has 7 nitrogen and oxygen atoms in total. The first-order valence-electron chi connectivity index (χ1n) is 9.96. The number of thioether (sulfide) groups is 1. The normalized spacial score (nSPS) is 10.7. The van der Waals surface area contributed by atoms with Crippen molar-refractivity contribution in [3.8, 4) is 0 Å². The van der Waals surface area contributed by atoms with Gasteiger partial charge in [0.25, 0.3) is 17.4 Å². The lowest BCUT2D eigenvalue weighted by Crippen LogP contribution is -2.42. The van der Waals surface area contributed by atoms with Crippen LogP contribution >= 0.6 is 23.4 Å².